The van der Waals surface area contributed by atoms with Gasteiger partial charge in [0, 0.05) is 6.07 Å². The molecule has 28 heavy (non-hydrogen) atoms. The van der Waals surface area contributed by atoms with Crippen LogP contribution in [-0.4, -0.2) is 38.1 Å². The van der Waals surface area contributed by atoms with Gasteiger partial charge in [0.05, 0.1) is 11.1 Å². The van der Waals surface area contributed by atoms with Crippen molar-refractivity contribution in [2.24, 2.45) is 0 Å². The van der Waals surface area contributed by atoms with E-state index in [1.165, 1.54) is 4.90 Å². The van der Waals surface area contributed by atoms with Crippen molar-refractivity contribution in [1.82, 2.24) is 0 Å². The van der Waals surface area contributed by atoms with Crippen LogP contribution in [0.4, 0.5) is 19.0 Å². The molecule has 0 saturated carbocycles. The Morgan fingerprint density at radius 1 is 1.14 bits per heavy atom. The highest BCUT2D eigenvalue weighted by molar-refractivity contribution is 6.32. The van der Waals surface area contributed by atoms with Gasteiger partial charge in [-0.15, -0.1) is 0 Å². The lowest BCUT2D eigenvalue weighted by Crippen LogP contribution is -3.13. The molecule has 2 aliphatic heterocycles. The largest absolute Gasteiger partial charge is 0.507 e. The van der Waals surface area contributed by atoms with Crippen molar-refractivity contribution in [1.29, 1.82) is 0 Å². The maximum absolute atomic E-state index is 12.8. The third kappa shape index (κ3) is 3.77. The fourth-order valence-electron chi connectivity index (χ4n) is 3.48. The third-order valence-electron chi connectivity index (χ3n) is 5.00. The summed E-state index contributed by atoms with van der Waals surface area (Å²) >= 11 is 6.07. The van der Waals surface area contributed by atoms with Crippen molar-refractivity contribution >= 4 is 17.4 Å². The first-order chi connectivity index (χ1) is 13.3. The number of piperazine rings is 1. The van der Waals surface area contributed by atoms with Gasteiger partial charge in [0.15, 0.2) is 11.5 Å². The van der Waals surface area contributed by atoms with Gasteiger partial charge in [-0.3, -0.25) is 0 Å². The molecule has 0 unspecified atom stereocenters. The average Bonchev–Trinajstić information content (AvgIpc) is 3.09. The van der Waals surface area contributed by atoms with Gasteiger partial charge < -0.3 is 19.5 Å². The molecule has 0 spiro atoms. The van der Waals surface area contributed by atoms with Gasteiger partial charge in [0.2, 0.25) is 6.79 Å². The average molecular weight is 418 g/mol. The number of phenols is 1. The molecule has 4 rings (SSSR count). The standard InChI is InChI=1S/C18H17ClF3N3O3/c19-13-6-12(18(20,21)22)8-23-17(13)25-3-1-24(2-4-25)9-11-5-15-16(7-14(11)26)28-10-27-15/h5-8,26H,1-4,9-10H2/p+2. The van der Waals surface area contributed by atoms with E-state index in [-0.39, 0.29) is 17.6 Å². The Morgan fingerprint density at radius 2 is 1.82 bits per heavy atom. The number of aromatic hydroxyl groups is 1. The molecular weight excluding hydrogens is 399 g/mol. The minimum Gasteiger partial charge on any atom is -0.507 e. The van der Waals surface area contributed by atoms with Crippen LogP contribution in [0.25, 0.3) is 0 Å². The monoisotopic (exact) mass is 417 g/mol. The maximum Gasteiger partial charge on any atom is 0.419 e. The second kappa shape index (κ2) is 7.21. The number of benzene rings is 1. The van der Waals surface area contributed by atoms with E-state index in [1.54, 1.807) is 12.1 Å². The first-order valence-corrected chi connectivity index (χ1v) is 9.17. The van der Waals surface area contributed by atoms with Gasteiger partial charge in [-0.1, -0.05) is 11.6 Å². The van der Waals surface area contributed by atoms with Crippen molar-refractivity contribution in [2.75, 3.05) is 37.9 Å². The Bertz CT molecular complexity index is 886. The highest BCUT2D eigenvalue weighted by Crippen LogP contribution is 2.37. The van der Waals surface area contributed by atoms with Gasteiger partial charge in [0.25, 0.3) is 5.82 Å². The lowest BCUT2D eigenvalue weighted by atomic mass is 10.1. The Balaban J connectivity index is 1.40. The SMILES string of the molecule is Oc1cc2c(cc1C[NH+]1CCN(c3[nH+]cc(C(F)(F)F)cc3Cl)CC1)OCO2. The molecule has 1 fully saturated rings. The lowest BCUT2D eigenvalue weighted by Gasteiger charge is -2.29. The van der Waals surface area contributed by atoms with Crippen LogP contribution in [0.3, 0.4) is 0 Å². The zero-order chi connectivity index (χ0) is 19.9. The van der Waals surface area contributed by atoms with Crippen molar-refractivity contribution < 1.29 is 37.6 Å². The van der Waals surface area contributed by atoms with Crippen molar-refractivity contribution in [3.63, 3.8) is 0 Å². The first kappa shape index (κ1) is 18.9. The van der Waals surface area contributed by atoms with Gasteiger partial charge in [0.1, 0.15) is 49.7 Å². The zero-order valence-corrected chi connectivity index (χ0v) is 15.5. The number of pyridine rings is 1. The predicted octanol–water partition coefficient (Wildman–Crippen LogP) is 1.51. The van der Waals surface area contributed by atoms with E-state index in [1.807, 2.05) is 4.90 Å². The Labute approximate surface area is 164 Å². The number of quaternary nitrogens is 1. The highest BCUT2D eigenvalue weighted by Gasteiger charge is 2.35. The molecule has 2 aliphatic rings. The summed E-state index contributed by atoms with van der Waals surface area (Å²) in [6.07, 6.45) is -3.50. The summed E-state index contributed by atoms with van der Waals surface area (Å²) in [6.45, 7) is 3.51. The molecule has 0 radical (unpaired) electrons. The fourth-order valence-corrected chi connectivity index (χ4v) is 3.77. The van der Waals surface area contributed by atoms with Crippen molar-refractivity contribution in [3.05, 3.63) is 40.5 Å². The quantitative estimate of drug-likeness (QED) is 0.795. The second-order valence-electron chi connectivity index (χ2n) is 6.83. The fraction of sp³-hybridized carbons (Fsp3) is 0.389. The smallest absolute Gasteiger partial charge is 0.419 e. The van der Waals surface area contributed by atoms with E-state index in [0.717, 1.165) is 30.9 Å². The van der Waals surface area contributed by atoms with Gasteiger partial charge in [-0.05, 0) is 12.1 Å². The lowest BCUT2D eigenvalue weighted by molar-refractivity contribution is -0.914. The molecule has 6 nitrogen and oxygen atoms in total. The van der Waals surface area contributed by atoms with Gasteiger partial charge >= 0.3 is 6.18 Å². The number of phenolic OH excluding ortho intramolecular Hbond substituents is 1. The third-order valence-corrected chi connectivity index (χ3v) is 5.29. The summed E-state index contributed by atoms with van der Waals surface area (Å²) in [5.41, 5.74) is -0.0318. The van der Waals surface area contributed by atoms with Crippen LogP contribution in [0.2, 0.25) is 5.02 Å². The maximum atomic E-state index is 12.8. The number of aromatic amines is 1. The zero-order valence-electron chi connectivity index (χ0n) is 14.8. The number of nitrogens with one attached hydrogen (secondary N) is 2. The van der Waals surface area contributed by atoms with E-state index in [0.29, 0.717) is 37.0 Å². The molecule has 150 valence electrons. The summed E-state index contributed by atoms with van der Waals surface area (Å²) in [7, 11) is 0. The van der Waals surface area contributed by atoms with Crippen LogP contribution in [-0.2, 0) is 12.7 Å². The number of hydrogen-bond acceptors (Lipinski definition) is 4. The topological polar surface area (TPSA) is 60.5 Å². The molecule has 1 aromatic heterocycles. The minimum atomic E-state index is -4.44. The Kier molecular flexibility index (Phi) is 4.88. The van der Waals surface area contributed by atoms with E-state index < -0.39 is 11.7 Å². The molecule has 10 heteroatoms. The predicted molar refractivity (Wildman–Crippen MR) is 93.9 cm³/mol. The van der Waals surface area contributed by atoms with Crippen molar-refractivity contribution in [2.45, 2.75) is 12.7 Å². The molecule has 0 amide bonds. The Hall–Kier alpha value is -2.39. The van der Waals surface area contributed by atoms with E-state index in [2.05, 4.69) is 4.98 Å². The second-order valence-corrected chi connectivity index (χ2v) is 7.24. The number of H-pyrrole nitrogens is 1. The molecule has 3 N–H and O–H groups in total. The molecule has 0 bridgehead atoms. The highest BCUT2D eigenvalue weighted by atomic mass is 35.5. The number of rotatable bonds is 3. The number of anilines is 1. The molecule has 3 heterocycles. The number of ether oxygens (including phenoxy) is 2. The number of halogens is 4. The van der Waals surface area contributed by atoms with Crippen molar-refractivity contribution in [3.8, 4) is 17.2 Å². The first-order valence-electron chi connectivity index (χ1n) is 8.79. The van der Waals surface area contributed by atoms with Gasteiger partial charge in [-0.25, -0.2) is 9.88 Å². The van der Waals surface area contributed by atoms with Gasteiger partial charge in [-0.2, -0.15) is 13.2 Å². The van der Waals surface area contributed by atoms with E-state index in [4.69, 9.17) is 21.1 Å². The van der Waals surface area contributed by atoms with E-state index >= 15 is 0 Å². The molecule has 2 aromatic rings. The minimum absolute atomic E-state index is 0.0479. The molecule has 0 atom stereocenters. The summed E-state index contributed by atoms with van der Waals surface area (Å²) in [5.74, 6) is 1.81. The summed E-state index contributed by atoms with van der Waals surface area (Å²) in [5, 5.41) is 10.2. The van der Waals surface area contributed by atoms with Crippen LogP contribution < -0.4 is 24.3 Å². The number of aromatic nitrogens is 1. The van der Waals surface area contributed by atoms with E-state index in [9.17, 15) is 18.3 Å². The van der Waals surface area contributed by atoms with Crippen LogP contribution in [0, 0.1) is 0 Å². The summed E-state index contributed by atoms with van der Waals surface area (Å²) in [6, 6.07) is 4.29. The Morgan fingerprint density at radius 3 is 2.46 bits per heavy atom. The summed E-state index contributed by atoms with van der Waals surface area (Å²) < 4.78 is 48.9. The summed E-state index contributed by atoms with van der Waals surface area (Å²) in [4.78, 5) is 5.86. The van der Waals surface area contributed by atoms with Crippen LogP contribution >= 0.6 is 11.6 Å². The molecular formula is C18H19ClF3N3O3+2. The van der Waals surface area contributed by atoms with Crippen LogP contribution in [0.1, 0.15) is 11.1 Å². The van der Waals surface area contributed by atoms with Crippen LogP contribution in [0.15, 0.2) is 24.4 Å². The number of alkyl halides is 3. The number of hydrogen-bond donors (Lipinski definition) is 2. The number of nitrogens with zero attached hydrogens (tertiary/aromatic N) is 1. The molecule has 0 aliphatic carbocycles. The number of fused-ring (bicyclic) bond motifs is 1. The normalized spacial score (nSPS) is 17.2. The van der Waals surface area contributed by atoms with Crippen LogP contribution in [0.5, 0.6) is 17.2 Å². The molecule has 1 saturated heterocycles. The molecule has 1 aromatic carbocycles.